The summed E-state index contributed by atoms with van der Waals surface area (Å²) in [5.74, 6) is 1.06. The van der Waals surface area contributed by atoms with Gasteiger partial charge in [0.05, 0.1) is 13.4 Å². The fourth-order valence-corrected chi connectivity index (χ4v) is 2.52. The van der Waals surface area contributed by atoms with Crippen LogP contribution in [0.25, 0.3) is 0 Å². The lowest BCUT2D eigenvalue weighted by Crippen LogP contribution is -2.32. The molecule has 4 heteroatoms. The third kappa shape index (κ3) is 2.29. The Labute approximate surface area is 117 Å². The van der Waals surface area contributed by atoms with Gasteiger partial charge in [0.15, 0.2) is 5.76 Å². The molecular weight excluding hydrogens is 254 g/mol. The Balaban J connectivity index is 1.72. The van der Waals surface area contributed by atoms with E-state index in [4.69, 9.17) is 9.15 Å². The minimum Gasteiger partial charge on any atom is -0.496 e. The molecule has 0 unspecified atom stereocenters. The fourth-order valence-electron chi connectivity index (χ4n) is 2.52. The van der Waals surface area contributed by atoms with Crippen molar-refractivity contribution in [3.05, 3.63) is 54.0 Å². The number of benzene rings is 1. The number of hydrogen-bond donors (Lipinski definition) is 1. The Hall–Kier alpha value is -2.23. The van der Waals surface area contributed by atoms with Gasteiger partial charge in [-0.1, -0.05) is 18.2 Å². The molecule has 1 fully saturated rings. The zero-order valence-electron chi connectivity index (χ0n) is 11.4. The predicted octanol–water partition coefficient (Wildman–Crippen LogP) is 2.75. The molecular formula is C16H17NO3. The van der Waals surface area contributed by atoms with E-state index in [0.29, 0.717) is 12.3 Å². The van der Waals surface area contributed by atoms with Crippen LogP contribution in [-0.4, -0.2) is 19.6 Å². The summed E-state index contributed by atoms with van der Waals surface area (Å²) in [5.41, 5.74) is 1.18. The molecule has 1 amide bonds. The first-order valence-electron chi connectivity index (χ1n) is 6.70. The van der Waals surface area contributed by atoms with Gasteiger partial charge >= 0.3 is 0 Å². The van der Waals surface area contributed by atoms with Crippen molar-refractivity contribution in [2.24, 2.45) is 0 Å². The highest BCUT2D eigenvalue weighted by Crippen LogP contribution is 2.50. The molecule has 1 aliphatic carbocycles. The van der Waals surface area contributed by atoms with Crippen LogP contribution >= 0.6 is 0 Å². The van der Waals surface area contributed by atoms with Gasteiger partial charge in [-0.2, -0.15) is 0 Å². The highest BCUT2D eigenvalue weighted by atomic mass is 16.5. The average Bonchev–Trinajstić information content (AvgIpc) is 3.07. The van der Waals surface area contributed by atoms with Crippen molar-refractivity contribution in [3.63, 3.8) is 0 Å². The second-order valence-electron chi connectivity index (χ2n) is 5.14. The maximum atomic E-state index is 11.9. The largest absolute Gasteiger partial charge is 0.496 e. The number of nitrogens with one attached hydrogen (secondary N) is 1. The Morgan fingerprint density at radius 2 is 2.10 bits per heavy atom. The zero-order valence-corrected chi connectivity index (χ0v) is 11.4. The van der Waals surface area contributed by atoms with Crippen molar-refractivity contribution in [3.8, 4) is 5.75 Å². The molecule has 1 heterocycles. The normalized spacial score (nSPS) is 15.7. The third-order valence-electron chi connectivity index (χ3n) is 3.86. The first kappa shape index (κ1) is 12.8. The van der Waals surface area contributed by atoms with Gasteiger partial charge in [-0.15, -0.1) is 0 Å². The second kappa shape index (κ2) is 5.04. The molecule has 104 valence electrons. The smallest absolute Gasteiger partial charge is 0.287 e. The highest BCUT2D eigenvalue weighted by molar-refractivity contribution is 5.91. The van der Waals surface area contributed by atoms with Crippen LogP contribution < -0.4 is 10.1 Å². The molecule has 1 saturated carbocycles. The van der Waals surface area contributed by atoms with Crippen molar-refractivity contribution in [2.75, 3.05) is 13.7 Å². The van der Waals surface area contributed by atoms with Crippen LogP contribution in [0.5, 0.6) is 5.75 Å². The van der Waals surface area contributed by atoms with E-state index in [1.165, 1.54) is 11.8 Å². The number of methoxy groups -OCH3 is 1. The molecule has 1 N–H and O–H groups in total. The minimum atomic E-state index is -0.170. The molecule has 2 aromatic rings. The second-order valence-corrected chi connectivity index (χ2v) is 5.14. The number of carbonyl (C=O) groups excluding carboxylic acids is 1. The molecule has 0 radical (unpaired) electrons. The molecule has 0 aliphatic heterocycles. The summed E-state index contributed by atoms with van der Waals surface area (Å²) in [6.45, 7) is 0.604. The maximum Gasteiger partial charge on any atom is 0.287 e. The first-order chi connectivity index (χ1) is 9.75. The van der Waals surface area contributed by atoms with Crippen molar-refractivity contribution in [1.29, 1.82) is 0 Å². The summed E-state index contributed by atoms with van der Waals surface area (Å²) in [7, 11) is 1.68. The van der Waals surface area contributed by atoms with Crippen molar-refractivity contribution >= 4 is 5.91 Å². The number of amides is 1. The SMILES string of the molecule is COc1ccccc1C1(CNC(=O)c2ccco2)CC1. The predicted molar refractivity (Wildman–Crippen MR) is 74.9 cm³/mol. The molecule has 1 aliphatic rings. The van der Waals surface area contributed by atoms with Crippen LogP contribution in [0.4, 0.5) is 0 Å². The standard InChI is InChI=1S/C16H17NO3/c1-19-13-6-3-2-5-12(13)16(8-9-16)11-17-15(18)14-7-4-10-20-14/h2-7,10H,8-9,11H2,1H3,(H,17,18). The molecule has 4 nitrogen and oxygen atoms in total. The molecule has 0 bridgehead atoms. The van der Waals surface area contributed by atoms with Gasteiger partial charge in [-0.05, 0) is 31.0 Å². The fraction of sp³-hybridized carbons (Fsp3) is 0.312. The number of furan rings is 1. The summed E-state index contributed by atoms with van der Waals surface area (Å²) < 4.78 is 10.5. The summed E-state index contributed by atoms with van der Waals surface area (Å²) in [4.78, 5) is 11.9. The zero-order chi connectivity index (χ0) is 14.0. The van der Waals surface area contributed by atoms with E-state index in [1.54, 1.807) is 19.2 Å². The average molecular weight is 271 g/mol. The Morgan fingerprint density at radius 3 is 2.75 bits per heavy atom. The van der Waals surface area contributed by atoms with Gasteiger partial charge < -0.3 is 14.5 Å². The number of rotatable bonds is 5. The van der Waals surface area contributed by atoms with E-state index in [2.05, 4.69) is 11.4 Å². The quantitative estimate of drug-likeness (QED) is 0.909. The number of carbonyl (C=O) groups is 1. The molecule has 0 spiro atoms. The summed E-state index contributed by atoms with van der Waals surface area (Å²) >= 11 is 0. The summed E-state index contributed by atoms with van der Waals surface area (Å²) in [5, 5.41) is 2.95. The van der Waals surface area contributed by atoms with Crippen LogP contribution in [0.1, 0.15) is 29.0 Å². The van der Waals surface area contributed by atoms with Gasteiger partial charge in [0.25, 0.3) is 5.91 Å². The van der Waals surface area contributed by atoms with Crippen molar-refractivity contribution in [1.82, 2.24) is 5.32 Å². The van der Waals surface area contributed by atoms with Gasteiger partial charge in [0, 0.05) is 17.5 Å². The summed E-state index contributed by atoms with van der Waals surface area (Å²) in [6, 6.07) is 11.4. The van der Waals surface area contributed by atoms with Crippen LogP contribution in [0.15, 0.2) is 47.1 Å². The van der Waals surface area contributed by atoms with Crippen LogP contribution in [0.3, 0.4) is 0 Å². The lowest BCUT2D eigenvalue weighted by molar-refractivity contribution is 0.0922. The number of ether oxygens (including phenoxy) is 1. The van der Waals surface area contributed by atoms with E-state index in [0.717, 1.165) is 18.6 Å². The Bertz CT molecular complexity index is 600. The molecule has 0 saturated heterocycles. The van der Waals surface area contributed by atoms with E-state index in [1.807, 2.05) is 18.2 Å². The van der Waals surface area contributed by atoms with E-state index >= 15 is 0 Å². The number of hydrogen-bond acceptors (Lipinski definition) is 3. The highest BCUT2D eigenvalue weighted by Gasteiger charge is 2.46. The lowest BCUT2D eigenvalue weighted by atomic mass is 9.95. The van der Waals surface area contributed by atoms with Gasteiger partial charge in [-0.25, -0.2) is 0 Å². The molecule has 20 heavy (non-hydrogen) atoms. The van der Waals surface area contributed by atoms with Crippen molar-refractivity contribution in [2.45, 2.75) is 18.3 Å². The molecule has 1 aromatic heterocycles. The van der Waals surface area contributed by atoms with Gasteiger partial charge in [0.2, 0.25) is 0 Å². The van der Waals surface area contributed by atoms with E-state index < -0.39 is 0 Å². The Kier molecular flexibility index (Phi) is 3.22. The minimum absolute atomic E-state index is 0.00879. The van der Waals surface area contributed by atoms with Gasteiger partial charge in [0.1, 0.15) is 5.75 Å². The lowest BCUT2D eigenvalue weighted by Gasteiger charge is -2.19. The number of para-hydroxylation sites is 1. The van der Waals surface area contributed by atoms with E-state index in [9.17, 15) is 4.79 Å². The van der Waals surface area contributed by atoms with E-state index in [-0.39, 0.29) is 11.3 Å². The Morgan fingerprint density at radius 1 is 1.30 bits per heavy atom. The topological polar surface area (TPSA) is 51.5 Å². The molecule has 0 atom stereocenters. The molecule has 3 rings (SSSR count). The van der Waals surface area contributed by atoms with Crippen LogP contribution in [0.2, 0.25) is 0 Å². The first-order valence-corrected chi connectivity index (χ1v) is 6.70. The maximum absolute atomic E-state index is 11.9. The van der Waals surface area contributed by atoms with Crippen molar-refractivity contribution < 1.29 is 13.9 Å². The summed E-state index contributed by atoms with van der Waals surface area (Å²) in [6.07, 6.45) is 3.62. The van der Waals surface area contributed by atoms with Crippen LogP contribution in [0, 0.1) is 0 Å². The monoisotopic (exact) mass is 271 g/mol. The molecule has 1 aromatic carbocycles. The van der Waals surface area contributed by atoms with Gasteiger partial charge in [-0.3, -0.25) is 4.79 Å². The van der Waals surface area contributed by atoms with Crippen LogP contribution in [-0.2, 0) is 5.41 Å². The third-order valence-corrected chi connectivity index (χ3v) is 3.86.